The first-order chi connectivity index (χ1) is 11.4. The zero-order valence-electron chi connectivity index (χ0n) is 12.6. The number of sulfonamides is 1. The molecule has 0 fully saturated rings. The molecule has 3 aromatic rings. The number of nitrogens with one attached hydrogen (secondary N) is 1. The van der Waals surface area contributed by atoms with E-state index in [1.807, 2.05) is 30.3 Å². The van der Waals surface area contributed by atoms with Gasteiger partial charge in [0.05, 0.1) is 12.1 Å². The molecule has 0 unspecified atom stereocenters. The van der Waals surface area contributed by atoms with Crippen molar-refractivity contribution in [2.45, 2.75) is 4.90 Å². The summed E-state index contributed by atoms with van der Waals surface area (Å²) >= 11 is 12.1. The highest BCUT2D eigenvalue weighted by atomic mass is 35.5. The lowest BCUT2D eigenvalue weighted by atomic mass is 10.1. The second kappa shape index (κ2) is 6.51. The Morgan fingerprint density at radius 1 is 0.917 bits per heavy atom. The van der Waals surface area contributed by atoms with E-state index in [0.29, 0.717) is 11.4 Å². The Morgan fingerprint density at radius 3 is 2.33 bits per heavy atom. The van der Waals surface area contributed by atoms with E-state index >= 15 is 0 Å². The van der Waals surface area contributed by atoms with Gasteiger partial charge in [-0.3, -0.25) is 4.72 Å². The number of fused-ring (bicyclic) bond motifs is 1. The van der Waals surface area contributed by atoms with Crippen LogP contribution in [0.5, 0.6) is 5.75 Å². The van der Waals surface area contributed by atoms with E-state index in [1.54, 1.807) is 12.1 Å². The number of hydrogen-bond donors (Lipinski definition) is 1. The first kappa shape index (κ1) is 16.9. The third-order valence-corrected chi connectivity index (χ3v) is 5.92. The van der Waals surface area contributed by atoms with Gasteiger partial charge in [-0.25, -0.2) is 8.42 Å². The van der Waals surface area contributed by atoms with Crippen molar-refractivity contribution < 1.29 is 13.2 Å². The topological polar surface area (TPSA) is 55.4 Å². The minimum Gasteiger partial charge on any atom is -0.495 e. The molecule has 0 aliphatic rings. The summed E-state index contributed by atoms with van der Waals surface area (Å²) in [5.41, 5.74) is 0.441. The van der Waals surface area contributed by atoms with Crippen LogP contribution in [0.3, 0.4) is 0 Å². The average Bonchev–Trinajstić information content (AvgIpc) is 2.56. The van der Waals surface area contributed by atoms with Gasteiger partial charge in [0, 0.05) is 5.69 Å². The normalized spacial score (nSPS) is 11.5. The zero-order valence-corrected chi connectivity index (χ0v) is 14.9. The molecule has 0 radical (unpaired) electrons. The maximum absolute atomic E-state index is 12.6. The number of rotatable bonds is 4. The molecule has 0 saturated heterocycles. The van der Waals surface area contributed by atoms with E-state index in [1.165, 1.54) is 19.2 Å². The fourth-order valence-electron chi connectivity index (χ4n) is 2.34. The molecule has 0 aliphatic carbocycles. The van der Waals surface area contributed by atoms with Crippen LogP contribution in [-0.2, 0) is 10.0 Å². The molecular formula is C17H13Cl2NO3S. The molecule has 0 bridgehead atoms. The summed E-state index contributed by atoms with van der Waals surface area (Å²) in [6.45, 7) is 0. The smallest absolute Gasteiger partial charge is 0.263 e. The number of methoxy groups -OCH3 is 1. The molecular weight excluding hydrogens is 369 g/mol. The summed E-state index contributed by atoms with van der Waals surface area (Å²) in [4.78, 5) is -0.108. The Bertz CT molecular complexity index is 1020. The molecule has 0 heterocycles. The van der Waals surface area contributed by atoms with E-state index in [0.717, 1.165) is 10.8 Å². The molecule has 0 saturated carbocycles. The van der Waals surface area contributed by atoms with Crippen LogP contribution in [0.2, 0.25) is 10.0 Å². The van der Waals surface area contributed by atoms with Gasteiger partial charge in [0.2, 0.25) is 0 Å². The van der Waals surface area contributed by atoms with Crippen LogP contribution in [0.15, 0.2) is 59.5 Å². The fourth-order valence-corrected chi connectivity index (χ4v) is 4.23. The van der Waals surface area contributed by atoms with Crippen LogP contribution in [0, 0.1) is 0 Å². The Hall–Kier alpha value is -1.95. The SMILES string of the molecule is COc1ccc(S(=O)(=O)Nc2ccc3ccccc3c2)c(Cl)c1Cl. The van der Waals surface area contributed by atoms with Crippen molar-refractivity contribution in [1.82, 2.24) is 0 Å². The summed E-state index contributed by atoms with van der Waals surface area (Å²) in [5.74, 6) is 0.311. The Kier molecular flexibility index (Phi) is 4.58. The quantitative estimate of drug-likeness (QED) is 0.694. The van der Waals surface area contributed by atoms with E-state index in [9.17, 15) is 8.42 Å². The molecule has 0 aromatic heterocycles. The Labute approximate surface area is 150 Å². The molecule has 0 spiro atoms. The van der Waals surface area contributed by atoms with Gasteiger partial charge in [-0.2, -0.15) is 0 Å². The maximum atomic E-state index is 12.6. The molecule has 3 aromatic carbocycles. The Balaban J connectivity index is 2.00. The number of benzene rings is 3. The van der Waals surface area contributed by atoms with Gasteiger partial charge >= 0.3 is 0 Å². The largest absolute Gasteiger partial charge is 0.495 e. The molecule has 0 aliphatic heterocycles. The molecule has 24 heavy (non-hydrogen) atoms. The summed E-state index contributed by atoms with van der Waals surface area (Å²) < 4.78 is 32.8. The van der Waals surface area contributed by atoms with E-state index in [-0.39, 0.29) is 14.9 Å². The molecule has 0 atom stereocenters. The lowest BCUT2D eigenvalue weighted by Crippen LogP contribution is -2.13. The number of hydrogen-bond acceptors (Lipinski definition) is 3. The van der Waals surface area contributed by atoms with E-state index < -0.39 is 10.0 Å². The summed E-state index contributed by atoms with van der Waals surface area (Å²) in [6, 6.07) is 15.8. The van der Waals surface area contributed by atoms with Crippen LogP contribution in [0.1, 0.15) is 0 Å². The summed E-state index contributed by atoms with van der Waals surface area (Å²) in [6.07, 6.45) is 0. The fraction of sp³-hybridized carbons (Fsp3) is 0.0588. The van der Waals surface area contributed by atoms with Gasteiger partial charge in [0.25, 0.3) is 10.0 Å². The van der Waals surface area contributed by atoms with Gasteiger partial charge < -0.3 is 4.74 Å². The predicted molar refractivity (Wildman–Crippen MR) is 97.8 cm³/mol. The minimum atomic E-state index is -3.88. The first-order valence-corrected chi connectivity index (χ1v) is 9.20. The van der Waals surface area contributed by atoms with Crippen LogP contribution in [0.4, 0.5) is 5.69 Å². The third-order valence-electron chi connectivity index (χ3n) is 3.52. The number of anilines is 1. The minimum absolute atomic E-state index is 0.0561. The lowest BCUT2D eigenvalue weighted by Gasteiger charge is -2.12. The highest BCUT2D eigenvalue weighted by Gasteiger charge is 2.22. The first-order valence-electron chi connectivity index (χ1n) is 6.96. The molecule has 0 amide bonds. The number of ether oxygens (including phenoxy) is 1. The molecule has 1 N–H and O–H groups in total. The van der Waals surface area contributed by atoms with Crippen molar-refractivity contribution in [3.05, 3.63) is 64.6 Å². The van der Waals surface area contributed by atoms with Crippen molar-refractivity contribution >= 4 is 49.7 Å². The maximum Gasteiger partial charge on any atom is 0.263 e. The van der Waals surface area contributed by atoms with E-state index in [4.69, 9.17) is 27.9 Å². The Morgan fingerprint density at radius 2 is 1.62 bits per heavy atom. The summed E-state index contributed by atoms with van der Waals surface area (Å²) in [7, 11) is -2.45. The molecule has 7 heteroatoms. The monoisotopic (exact) mass is 381 g/mol. The molecule has 3 rings (SSSR count). The van der Waals surface area contributed by atoms with Crippen LogP contribution in [-0.4, -0.2) is 15.5 Å². The van der Waals surface area contributed by atoms with Gasteiger partial charge in [-0.1, -0.05) is 53.5 Å². The summed E-state index contributed by atoms with van der Waals surface area (Å²) in [5, 5.41) is 1.92. The third kappa shape index (κ3) is 3.15. The van der Waals surface area contributed by atoms with Crippen LogP contribution < -0.4 is 9.46 Å². The van der Waals surface area contributed by atoms with Crippen LogP contribution in [0.25, 0.3) is 10.8 Å². The second-order valence-electron chi connectivity index (χ2n) is 5.06. The van der Waals surface area contributed by atoms with Gasteiger partial charge in [-0.15, -0.1) is 0 Å². The van der Waals surface area contributed by atoms with Crippen molar-refractivity contribution in [1.29, 1.82) is 0 Å². The second-order valence-corrected chi connectivity index (χ2v) is 7.47. The van der Waals surface area contributed by atoms with Gasteiger partial charge in [0.1, 0.15) is 15.7 Å². The van der Waals surface area contributed by atoms with Crippen molar-refractivity contribution in [3.63, 3.8) is 0 Å². The molecule has 124 valence electrons. The lowest BCUT2D eigenvalue weighted by molar-refractivity contribution is 0.414. The molecule has 4 nitrogen and oxygen atoms in total. The number of halogens is 2. The van der Waals surface area contributed by atoms with Crippen molar-refractivity contribution in [2.24, 2.45) is 0 Å². The predicted octanol–water partition coefficient (Wildman–Crippen LogP) is 4.96. The average molecular weight is 382 g/mol. The highest BCUT2D eigenvalue weighted by molar-refractivity contribution is 7.92. The van der Waals surface area contributed by atoms with Gasteiger partial charge in [-0.05, 0) is 35.0 Å². The highest BCUT2D eigenvalue weighted by Crippen LogP contribution is 2.37. The van der Waals surface area contributed by atoms with E-state index in [2.05, 4.69) is 4.72 Å². The van der Waals surface area contributed by atoms with Gasteiger partial charge in [0.15, 0.2) is 0 Å². The van der Waals surface area contributed by atoms with Crippen LogP contribution >= 0.6 is 23.2 Å². The zero-order chi connectivity index (χ0) is 17.3. The standard InChI is InChI=1S/C17H13Cl2NO3S/c1-23-14-8-9-15(17(19)16(14)18)24(21,22)20-13-7-6-11-4-2-3-5-12(11)10-13/h2-10,20H,1H3. The van der Waals surface area contributed by atoms with Crippen molar-refractivity contribution in [3.8, 4) is 5.75 Å². The van der Waals surface area contributed by atoms with Crippen molar-refractivity contribution in [2.75, 3.05) is 11.8 Å².